The topological polar surface area (TPSA) is 73.5 Å². The zero-order valence-electron chi connectivity index (χ0n) is 17.7. The Kier molecular flexibility index (Phi) is 6.04. The normalized spacial score (nSPS) is 20.9. The molecule has 7 heteroatoms. The molecule has 1 aliphatic carbocycles. The first kappa shape index (κ1) is 21.1. The van der Waals surface area contributed by atoms with Crippen LogP contribution in [0.5, 0.6) is 0 Å². The van der Waals surface area contributed by atoms with Crippen molar-refractivity contribution in [2.45, 2.75) is 39.2 Å². The number of ketones is 1. The first-order valence-corrected chi connectivity index (χ1v) is 10.7. The maximum absolute atomic E-state index is 13.9. The van der Waals surface area contributed by atoms with Crippen molar-refractivity contribution in [2.24, 2.45) is 5.92 Å². The van der Waals surface area contributed by atoms with E-state index in [1.165, 1.54) is 12.1 Å². The highest BCUT2D eigenvalue weighted by Crippen LogP contribution is 2.37. The largest absolute Gasteiger partial charge is 0.367 e. The third-order valence-electron chi connectivity index (χ3n) is 5.93. The first-order chi connectivity index (χ1) is 15.0. The van der Waals surface area contributed by atoms with Crippen LogP contribution in [0.25, 0.3) is 0 Å². The second-order valence-corrected chi connectivity index (χ2v) is 8.00. The van der Waals surface area contributed by atoms with Crippen LogP contribution >= 0.6 is 0 Å². The van der Waals surface area contributed by atoms with Gasteiger partial charge in [0.2, 0.25) is 0 Å². The fourth-order valence-electron chi connectivity index (χ4n) is 4.12. The summed E-state index contributed by atoms with van der Waals surface area (Å²) in [5, 5.41) is 7.96. The van der Waals surface area contributed by atoms with Gasteiger partial charge in [-0.25, -0.2) is 9.82 Å². The van der Waals surface area contributed by atoms with Gasteiger partial charge >= 0.3 is 0 Å². The first-order valence-electron chi connectivity index (χ1n) is 10.7. The molecular weight excluding hydrogens is 395 g/mol. The van der Waals surface area contributed by atoms with E-state index >= 15 is 0 Å². The van der Waals surface area contributed by atoms with Crippen molar-refractivity contribution >= 4 is 11.7 Å². The molecule has 0 aromatic heterocycles. The Hall–Kier alpha value is -3.19. The molecule has 1 unspecified atom stereocenters. The second kappa shape index (κ2) is 8.89. The number of dihydropyridines is 1. The number of fused-ring (bicyclic) bond motifs is 1. The van der Waals surface area contributed by atoms with E-state index in [4.69, 9.17) is 0 Å². The van der Waals surface area contributed by atoms with Crippen LogP contribution in [0.1, 0.15) is 44.7 Å². The van der Waals surface area contributed by atoms with Crippen LogP contribution in [0.2, 0.25) is 0 Å². The zero-order valence-corrected chi connectivity index (χ0v) is 17.7. The van der Waals surface area contributed by atoms with Gasteiger partial charge < -0.3 is 10.6 Å². The number of carbonyl (C=O) groups excluding carboxylic acids is 2. The molecule has 0 spiro atoms. The van der Waals surface area contributed by atoms with Crippen molar-refractivity contribution in [1.82, 2.24) is 21.1 Å². The molecule has 31 heavy (non-hydrogen) atoms. The summed E-state index contributed by atoms with van der Waals surface area (Å²) in [5.74, 6) is -0.917. The predicted molar refractivity (Wildman–Crippen MR) is 116 cm³/mol. The van der Waals surface area contributed by atoms with Crippen LogP contribution in [0, 0.1) is 11.7 Å². The molecule has 1 amide bonds. The number of halogens is 1. The molecule has 1 aromatic carbocycles. The second-order valence-electron chi connectivity index (χ2n) is 8.00. The molecule has 3 aliphatic rings. The van der Waals surface area contributed by atoms with Gasteiger partial charge in [0.1, 0.15) is 11.6 Å². The minimum absolute atomic E-state index is 0.0946. The number of hydrogen-bond acceptors (Lipinski definition) is 5. The average Bonchev–Trinajstić information content (AvgIpc) is 2.76. The number of hydrazine groups is 1. The fraction of sp³-hybridized carbons (Fsp3) is 0.333. The minimum Gasteiger partial charge on any atom is -0.367 e. The van der Waals surface area contributed by atoms with Crippen LogP contribution in [-0.4, -0.2) is 23.2 Å². The Labute approximate surface area is 181 Å². The van der Waals surface area contributed by atoms with E-state index in [-0.39, 0.29) is 23.4 Å². The Morgan fingerprint density at radius 3 is 2.90 bits per heavy atom. The van der Waals surface area contributed by atoms with Crippen molar-refractivity contribution in [3.63, 3.8) is 0 Å². The highest BCUT2D eigenvalue weighted by atomic mass is 19.1. The summed E-state index contributed by atoms with van der Waals surface area (Å²) in [6, 6.07) is 5.55. The van der Waals surface area contributed by atoms with Crippen molar-refractivity contribution < 1.29 is 14.0 Å². The molecule has 0 bridgehead atoms. The van der Waals surface area contributed by atoms with Crippen LogP contribution in [0.4, 0.5) is 4.39 Å². The van der Waals surface area contributed by atoms with Gasteiger partial charge in [0, 0.05) is 54.3 Å². The maximum atomic E-state index is 13.9. The summed E-state index contributed by atoms with van der Waals surface area (Å²) in [4.78, 5) is 25.8. The molecule has 0 saturated heterocycles. The van der Waals surface area contributed by atoms with Crippen LogP contribution in [0.3, 0.4) is 0 Å². The van der Waals surface area contributed by atoms with Crippen LogP contribution in [0.15, 0.2) is 71.4 Å². The fourth-order valence-corrected chi connectivity index (χ4v) is 4.12. The molecule has 6 nitrogen and oxygen atoms in total. The standard InChI is InChI=1S/C24H27FN4O2/c1-3-10-27-29-14-17-9-11-26-13-20(17)22(15(29)2)24(31)28-23(19-7-8-21(19)30)16-5-4-6-18(25)12-16/h4-6,9,11-14,19,23,26-27H,3,7-8,10H2,1-2H3,(H,28,31)/t19?,23-/m1/s1. The predicted octanol–water partition coefficient (Wildman–Crippen LogP) is 3.35. The molecule has 0 radical (unpaired) electrons. The molecule has 2 atom stereocenters. The Balaban J connectivity index is 1.66. The number of carbonyl (C=O) groups is 2. The van der Waals surface area contributed by atoms with Gasteiger partial charge in [0.05, 0.1) is 11.6 Å². The maximum Gasteiger partial charge on any atom is 0.254 e. The van der Waals surface area contributed by atoms with E-state index < -0.39 is 6.04 Å². The number of Topliss-reactive ketones (excluding diaryl/α,β-unsaturated/α-hetero) is 1. The smallest absolute Gasteiger partial charge is 0.254 e. The van der Waals surface area contributed by atoms with Crippen molar-refractivity contribution in [3.8, 4) is 0 Å². The lowest BCUT2D eigenvalue weighted by Gasteiger charge is -2.35. The molecular formula is C24H27FN4O2. The van der Waals surface area contributed by atoms with E-state index in [9.17, 15) is 14.0 Å². The summed E-state index contributed by atoms with van der Waals surface area (Å²) in [5.41, 5.74) is 6.89. The highest BCUT2D eigenvalue weighted by molar-refractivity contribution is 6.01. The number of allylic oxidation sites excluding steroid dienone is 3. The van der Waals surface area contributed by atoms with Crippen LogP contribution < -0.4 is 16.1 Å². The SMILES string of the molecule is CCCNN1C=C2C=CNC=C2C(C(=O)N[C@H](c2cccc(F)c2)C2CCC2=O)=C1C. The minimum atomic E-state index is -0.566. The Morgan fingerprint density at radius 2 is 2.23 bits per heavy atom. The van der Waals surface area contributed by atoms with E-state index in [0.29, 0.717) is 24.0 Å². The van der Waals surface area contributed by atoms with Gasteiger partial charge in [0.15, 0.2) is 0 Å². The lowest BCUT2D eigenvalue weighted by Crippen LogP contribution is -2.44. The molecule has 3 N–H and O–H groups in total. The third kappa shape index (κ3) is 4.18. The molecule has 1 saturated carbocycles. The number of hydrogen-bond donors (Lipinski definition) is 3. The molecule has 162 valence electrons. The molecule has 1 fully saturated rings. The molecule has 1 aromatic rings. The average molecular weight is 423 g/mol. The van der Waals surface area contributed by atoms with E-state index in [1.54, 1.807) is 18.3 Å². The third-order valence-corrected chi connectivity index (χ3v) is 5.93. The zero-order chi connectivity index (χ0) is 22.0. The lowest BCUT2D eigenvalue weighted by atomic mass is 9.75. The van der Waals surface area contributed by atoms with Crippen LogP contribution in [-0.2, 0) is 9.59 Å². The Bertz CT molecular complexity index is 1020. The highest BCUT2D eigenvalue weighted by Gasteiger charge is 2.38. The van der Waals surface area contributed by atoms with Gasteiger partial charge in [0.25, 0.3) is 5.91 Å². The molecule has 2 heterocycles. The summed E-state index contributed by atoms with van der Waals surface area (Å²) in [6.45, 7) is 4.72. The van der Waals surface area contributed by atoms with Gasteiger partial charge in [-0.3, -0.25) is 14.6 Å². The Morgan fingerprint density at radius 1 is 1.39 bits per heavy atom. The van der Waals surface area contributed by atoms with Gasteiger partial charge in [-0.2, -0.15) is 0 Å². The monoisotopic (exact) mass is 422 g/mol. The number of amides is 1. The molecule has 2 aliphatic heterocycles. The number of nitrogens with zero attached hydrogens (tertiary/aromatic N) is 1. The number of nitrogens with one attached hydrogen (secondary N) is 3. The van der Waals surface area contributed by atoms with E-state index in [2.05, 4.69) is 23.0 Å². The summed E-state index contributed by atoms with van der Waals surface area (Å²) < 4.78 is 13.9. The van der Waals surface area contributed by atoms with Crippen molar-refractivity contribution in [3.05, 3.63) is 82.7 Å². The van der Waals surface area contributed by atoms with Gasteiger partial charge in [-0.1, -0.05) is 19.1 Å². The summed E-state index contributed by atoms with van der Waals surface area (Å²) in [6.07, 6.45) is 9.61. The van der Waals surface area contributed by atoms with Gasteiger partial charge in [-0.15, -0.1) is 0 Å². The summed E-state index contributed by atoms with van der Waals surface area (Å²) >= 11 is 0. The van der Waals surface area contributed by atoms with Crippen molar-refractivity contribution in [2.75, 3.05) is 6.54 Å². The number of rotatable bonds is 7. The number of benzene rings is 1. The van der Waals surface area contributed by atoms with E-state index in [1.807, 2.05) is 30.4 Å². The summed E-state index contributed by atoms with van der Waals surface area (Å²) in [7, 11) is 0. The molecule has 4 rings (SSSR count). The van der Waals surface area contributed by atoms with Gasteiger partial charge in [-0.05, 0) is 43.5 Å². The van der Waals surface area contributed by atoms with Crippen molar-refractivity contribution in [1.29, 1.82) is 0 Å². The lowest BCUT2D eigenvalue weighted by molar-refractivity contribution is -0.131. The van der Waals surface area contributed by atoms with E-state index in [0.717, 1.165) is 29.8 Å². The quantitative estimate of drug-likeness (QED) is 0.629.